The lowest BCUT2D eigenvalue weighted by Gasteiger charge is -2.34. The third kappa shape index (κ3) is 2.51. The molecule has 0 saturated carbocycles. The van der Waals surface area contributed by atoms with Gasteiger partial charge >= 0.3 is 0 Å². The van der Waals surface area contributed by atoms with E-state index in [-0.39, 0.29) is 5.91 Å². The summed E-state index contributed by atoms with van der Waals surface area (Å²) < 4.78 is 1.68. The van der Waals surface area contributed by atoms with Crippen LogP contribution in [0, 0.1) is 18.8 Å². The normalized spacial score (nSPS) is 25.1. The van der Waals surface area contributed by atoms with Gasteiger partial charge in [-0.1, -0.05) is 13.8 Å². The number of aryl methyl sites for hydroxylation is 2. The molecule has 0 spiro atoms. The Kier molecular flexibility index (Phi) is 3.22. The molecule has 2 unspecified atom stereocenters. The molecule has 94 valence electrons. The van der Waals surface area contributed by atoms with Crippen LogP contribution in [0.2, 0.25) is 0 Å². The molecule has 4 heteroatoms. The number of likely N-dealkylation sites (tertiary alicyclic amines) is 1. The van der Waals surface area contributed by atoms with Crippen LogP contribution >= 0.6 is 0 Å². The number of amides is 1. The van der Waals surface area contributed by atoms with Gasteiger partial charge in [0.05, 0.1) is 5.69 Å². The van der Waals surface area contributed by atoms with E-state index in [0.29, 0.717) is 17.5 Å². The second-order valence-corrected chi connectivity index (χ2v) is 5.45. The molecule has 1 aliphatic rings. The first kappa shape index (κ1) is 12.1. The van der Waals surface area contributed by atoms with Crippen molar-refractivity contribution in [2.75, 3.05) is 13.1 Å². The van der Waals surface area contributed by atoms with E-state index in [1.54, 1.807) is 4.68 Å². The molecule has 1 aromatic heterocycles. The van der Waals surface area contributed by atoms with Crippen LogP contribution in [0.1, 0.15) is 36.5 Å². The fraction of sp³-hybridized carbons (Fsp3) is 0.692. The van der Waals surface area contributed by atoms with Crippen molar-refractivity contribution >= 4 is 5.91 Å². The maximum atomic E-state index is 12.4. The Morgan fingerprint density at radius 3 is 2.41 bits per heavy atom. The second kappa shape index (κ2) is 4.51. The van der Waals surface area contributed by atoms with E-state index in [0.717, 1.165) is 18.8 Å². The Hall–Kier alpha value is -1.32. The number of nitrogens with zero attached hydrogens (tertiary/aromatic N) is 3. The zero-order valence-corrected chi connectivity index (χ0v) is 11.1. The molecule has 0 bridgehead atoms. The van der Waals surface area contributed by atoms with E-state index in [1.165, 1.54) is 6.42 Å². The molecular weight excluding hydrogens is 214 g/mol. The molecule has 0 N–H and O–H groups in total. The summed E-state index contributed by atoms with van der Waals surface area (Å²) in [5.41, 5.74) is 1.60. The molecule has 17 heavy (non-hydrogen) atoms. The SMILES string of the molecule is Cc1cc(C(=O)N2CC(C)CC(C)C2)n(C)n1. The Balaban J connectivity index is 2.17. The summed E-state index contributed by atoms with van der Waals surface area (Å²) in [6.07, 6.45) is 1.22. The van der Waals surface area contributed by atoms with Crippen molar-refractivity contribution in [2.45, 2.75) is 27.2 Å². The van der Waals surface area contributed by atoms with Gasteiger partial charge in [-0.2, -0.15) is 5.10 Å². The third-order valence-corrected chi connectivity index (χ3v) is 3.38. The van der Waals surface area contributed by atoms with Gasteiger partial charge < -0.3 is 4.90 Å². The third-order valence-electron chi connectivity index (χ3n) is 3.38. The first-order valence-corrected chi connectivity index (χ1v) is 6.27. The van der Waals surface area contributed by atoms with E-state index in [9.17, 15) is 4.79 Å². The smallest absolute Gasteiger partial charge is 0.272 e. The Labute approximate surface area is 103 Å². The molecule has 1 amide bonds. The maximum Gasteiger partial charge on any atom is 0.272 e. The number of carbonyl (C=O) groups is 1. The van der Waals surface area contributed by atoms with Crippen LogP contribution in [0.3, 0.4) is 0 Å². The lowest BCUT2D eigenvalue weighted by molar-refractivity contribution is 0.0612. The van der Waals surface area contributed by atoms with Crippen LogP contribution in [0.4, 0.5) is 0 Å². The predicted molar refractivity (Wildman–Crippen MR) is 66.8 cm³/mol. The van der Waals surface area contributed by atoms with Gasteiger partial charge in [0.15, 0.2) is 0 Å². The quantitative estimate of drug-likeness (QED) is 0.745. The van der Waals surface area contributed by atoms with Crippen molar-refractivity contribution in [1.29, 1.82) is 0 Å². The summed E-state index contributed by atoms with van der Waals surface area (Å²) in [5, 5.41) is 4.23. The van der Waals surface area contributed by atoms with Crippen molar-refractivity contribution in [1.82, 2.24) is 14.7 Å². The molecular formula is C13H21N3O. The molecule has 1 fully saturated rings. The molecule has 2 atom stereocenters. The zero-order valence-electron chi connectivity index (χ0n) is 11.1. The van der Waals surface area contributed by atoms with Gasteiger partial charge in [0.2, 0.25) is 0 Å². The van der Waals surface area contributed by atoms with Gasteiger partial charge in [-0.3, -0.25) is 9.48 Å². The van der Waals surface area contributed by atoms with Gasteiger partial charge in [0, 0.05) is 20.1 Å². The minimum Gasteiger partial charge on any atom is -0.337 e. The highest BCUT2D eigenvalue weighted by atomic mass is 16.2. The summed E-state index contributed by atoms with van der Waals surface area (Å²) in [6, 6.07) is 1.87. The van der Waals surface area contributed by atoms with Crippen LogP contribution in [0.25, 0.3) is 0 Å². The van der Waals surface area contributed by atoms with E-state index >= 15 is 0 Å². The van der Waals surface area contributed by atoms with E-state index in [1.807, 2.05) is 24.9 Å². The second-order valence-electron chi connectivity index (χ2n) is 5.45. The number of hydrogen-bond acceptors (Lipinski definition) is 2. The molecule has 1 aliphatic heterocycles. The number of hydrogen-bond donors (Lipinski definition) is 0. The van der Waals surface area contributed by atoms with Crippen molar-refractivity contribution < 1.29 is 4.79 Å². The lowest BCUT2D eigenvalue weighted by Crippen LogP contribution is -2.43. The molecule has 0 aromatic carbocycles. The fourth-order valence-electron chi connectivity index (χ4n) is 2.80. The summed E-state index contributed by atoms with van der Waals surface area (Å²) in [4.78, 5) is 14.4. The fourth-order valence-corrected chi connectivity index (χ4v) is 2.80. The first-order chi connectivity index (χ1) is 7.97. The lowest BCUT2D eigenvalue weighted by atomic mass is 9.92. The van der Waals surface area contributed by atoms with Crippen molar-refractivity contribution in [2.24, 2.45) is 18.9 Å². The topological polar surface area (TPSA) is 38.1 Å². The molecule has 0 aliphatic carbocycles. The highest BCUT2D eigenvalue weighted by molar-refractivity contribution is 5.92. The summed E-state index contributed by atoms with van der Waals surface area (Å²) >= 11 is 0. The van der Waals surface area contributed by atoms with Crippen molar-refractivity contribution in [3.63, 3.8) is 0 Å². The first-order valence-electron chi connectivity index (χ1n) is 6.27. The maximum absolute atomic E-state index is 12.4. The zero-order chi connectivity index (χ0) is 12.6. The van der Waals surface area contributed by atoms with Crippen LogP contribution < -0.4 is 0 Å². The average Bonchev–Trinajstić information content (AvgIpc) is 2.55. The molecule has 0 radical (unpaired) electrons. The number of rotatable bonds is 1. The summed E-state index contributed by atoms with van der Waals surface area (Å²) in [7, 11) is 1.83. The largest absolute Gasteiger partial charge is 0.337 e. The standard InChI is InChI=1S/C13H21N3O/c1-9-5-10(2)8-16(7-9)13(17)12-6-11(3)14-15(12)4/h6,9-10H,5,7-8H2,1-4H3. The van der Waals surface area contributed by atoms with Gasteiger partial charge in [-0.05, 0) is 31.2 Å². The minimum absolute atomic E-state index is 0.117. The van der Waals surface area contributed by atoms with Gasteiger partial charge in [-0.15, -0.1) is 0 Å². The van der Waals surface area contributed by atoms with E-state index < -0.39 is 0 Å². The minimum atomic E-state index is 0.117. The predicted octanol–water partition coefficient (Wildman–Crippen LogP) is 1.85. The number of aromatic nitrogens is 2. The number of carbonyl (C=O) groups excluding carboxylic acids is 1. The van der Waals surface area contributed by atoms with E-state index in [4.69, 9.17) is 0 Å². The summed E-state index contributed by atoms with van der Waals surface area (Å²) in [6.45, 7) is 8.08. The molecule has 1 saturated heterocycles. The van der Waals surface area contributed by atoms with Crippen LogP contribution in [-0.4, -0.2) is 33.7 Å². The highest BCUT2D eigenvalue weighted by Gasteiger charge is 2.27. The Morgan fingerprint density at radius 2 is 1.94 bits per heavy atom. The summed E-state index contributed by atoms with van der Waals surface area (Å²) in [5.74, 6) is 1.31. The molecule has 2 heterocycles. The Bertz CT molecular complexity index is 414. The molecule has 1 aromatic rings. The van der Waals surface area contributed by atoms with E-state index in [2.05, 4.69) is 18.9 Å². The molecule has 2 rings (SSSR count). The highest BCUT2D eigenvalue weighted by Crippen LogP contribution is 2.22. The van der Waals surface area contributed by atoms with Gasteiger partial charge in [0.1, 0.15) is 5.69 Å². The van der Waals surface area contributed by atoms with Crippen LogP contribution in [0.15, 0.2) is 6.07 Å². The van der Waals surface area contributed by atoms with Gasteiger partial charge in [-0.25, -0.2) is 0 Å². The molecule has 4 nitrogen and oxygen atoms in total. The van der Waals surface area contributed by atoms with Gasteiger partial charge in [0.25, 0.3) is 5.91 Å². The van der Waals surface area contributed by atoms with Crippen molar-refractivity contribution in [3.8, 4) is 0 Å². The van der Waals surface area contributed by atoms with Crippen molar-refractivity contribution in [3.05, 3.63) is 17.5 Å². The number of piperidine rings is 1. The van der Waals surface area contributed by atoms with Crippen LogP contribution in [-0.2, 0) is 7.05 Å². The Morgan fingerprint density at radius 1 is 1.35 bits per heavy atom. The average molecular weight is 235 g/mol. The van der Waals surface area contributed by atoms with Crippen LogP contribution in [0.5, 0.6) is 0 Å². The monoisotopic (exact) mass is 235 g/mol.